The third-order valence-electron chi connectivity index (χ3n) is 4.35. The van der Waals surface area contributed by atoms with Crippen LogP contribution in [-0.2, 0) is 9.59 Å². The second-order valence-corrected chi connectivity index (χ2v) is 6.46. The van der Waals surface area contributed by atoms with Gasteiger partial charge in [-0.25, -0.2) is 0 Å². The van der Waals surface area contributed by atoms with Crippen molar-refractivity contribution in [2.45, 2.75) is 19.3 Å². The second-order valence-electron chi connectivity index (χ2n) is 5.68. The number of carboxylic acid groups (broad SMARTS) is 1. The summed E-state index contributed by atoms with van der Waals surface area (Å²) in [4.78, 5) is 27.4. The quantitative estimate of drug-likeness (QED) is 0.921. The van der Waals surface area contributed by atoms with Gasteiger partial charge in [-0.1, -0.05) is 0 Å². The van der Waals surface area contributed by atoms with Crippen molar-refractivity contribution in [1.29, 1.82) is 0 Å². The third kappa shape index (κ3) is 2.33. The number of carbonyl (C=O) groups excluding carboxylic acids is 1. The lowest BCUT2D eigenvalue weighted by atomic mass is 9.78. The zero-order valence-electron chi connectivity index (χ0n) is 11.2. The van der Waals surface area contributed by atoms with E-state index in [-0.39, 0.29) is 17.9 Å². The van der Waals surface area contributed by atoms with Crippen LogP contribution in [0.2, 0.25) is 0 Å². The minimum absolute atomic E-state index is 0.0352. The van der Waals surface area contributed by atoms with Gasteiger partial charge in [-0.2, -0.15) is 11.3 Å². The first-order valence-electron chi connectivity index (χ1n) is 6.89. The first kappa shape index (κ1) is 13.6. The molecule has 0 bridgehead atoms. The topological polar surface area (TPSA) is 60.9 Å². The molecule has 3 rings (SSSR count). The van der Waals surface area contributed by atoms with Crippen LogP contribution in [0, 0.1) is 5.41 Å². The van der Waals surface area contributed by atoms with Crippen LogP contribution in [0.15, 0.2) is 16.8 Å². The summed E-state index contributed by atoms with van der Waals surface area (Å²) < 4.78 is 0. The van der Waals surface area contributed by atoms with Crippen LogP contribution in [-0.4, -0.2) is 48.1 Å². The molecule has 2 aliphatic rings. The van der Waals surface area contributed by atoms with Crippen molar-refractivity contribution in [2.24, 2.45) is 5.41 Å². The van der Waals surface area contributed by atoms with E-state index in [1.54, 1.807) is 11.3 Å². The number of carboxylic acids is 1. The number of anilines is 1. The summed E-state index contributed by atoms with van der Waals surface area (Å²) in [5, 5.41) is 12.9. The molecule has 1 aromatic heterocycles. The molecule has 20 heavy (non-hydrogen) atoms. The average molecular weight is 294 g/mol. The van der Waals surface area contributed by atoms with Gasteiger partial charge in [-0.3, -0.25) is 14.5 Å². The predicted octanol–water partition coefficient (Wildman–Crippen LogP) is 1.65. The van der Waals surface area contributed by atoms with Gasteiger partial charge in [0.1, 0.15) is 0 Å². The van der Waals surface area contributed by atoms with Crippen molar-refractivity contribution in [3.63, 3.8) is 0 Å². The van der Waals surface area contributed by atoms with Gasteiger partial charge in [-0.15, -0.1) is 0 Å². The van der Waals surface area contributed by atoms with Gasteiger partial charge in [0.15, 0.2) is 0 Å². The van der Waals surface area contributed by atoms with Crippen LogP contribution in [0.4, 0.5) is 5.69 Å². The maximum Gasteiger partial charge on any atom is 0.317 e. The van der Waals surface area contributed by atoms with E-state index in [9.17, 15) is 9.59 Å². The fourth-order valence-electron chi connectivity index (χ4n) is 3.41. The van der Waals surface area contributed by atoms with Crippen LogP contribution in [0.5, 0.6) is 0 Å². The molecule has 108 valence electrons. The molecule has 1 atom stereocenters. The summed E-state index contributed by atoms with van der Waals surface area (Å²) >= 11 is 1.59. The van der Waals surface area contributed by atoms with Crippen molar-refractivity contribution in [3.8, 4) is 0 Å². The number of likely N-dealkylation sites (tertiary alicyclic amines) is 1. The molecule has 1 aromatic rings. The summed E-state index contributed by atoms with van der Waals surface area (Å²) in [5.41, 5.74) is 0.613. The molecule has 0 aliphatic carbocycles. The van der Waals surface area contributed by atoms with Crippen molar-refractivity contribution in [2.75, 3.05) is 31.1 Å². The van der Waals surface area contributed by atoms with Gasteiger partial charge >= 0.3 is 5.97 Å². The van der Waals surface area contributed by atoms with Gasteiger partial charge in [-0.05, 0) is 37.3 Å². The molecular weight excluding hydrogens is 276 g/mol. The van der Waals surface area contributed by atoms with Crippen LogP contribution < -0.4 is 4.90 Å². The van der Waals surface area contributed by atoms with E-state index in [0.717, 1.165) is 38.0 Å². The van der Waals surface area contributed by atoms with E-state index in [4.69, 9.17) is 5.11 Å². The van der Waals surface area contributed by atoms with E-state index in [1.807, 2.05) is 26.6 Å². The minimum atomic E-state index is -0.817. The highest BCUT2D eigenvalue weighted by atomic mass is 32.1. The molecule has 1 amide bonds. The average Bonchev–Trinajstić information content (AvgIpc) is 3.00. The van der Waals surface area contributed by atoms with Gasteiger partial charge in [0, 0.05) is 18.5 Å². The highest BCUT2D eigenvalue weighted by molar-refractivity contribution is 7.08. The number of nitrogens with zero attached hydrogens (tertiary/aromatic N) is 2. The first-order chi connectivity index (χ1) is 9.61. The second kappa shape index (κ2) is 5.18. The molecule has 2 fully saturated rings. The zero-order valence-corrected chi connectivity index (χ0v) is 12.1. The molecular formula is C14H18N2O3S. The summed E-state index contributed by atoms with van der Waals surface area (Å²) in [6.45, 7) is 2.14. The van der Waals surface area contributed by atoms with Gasteiger partial charge in [0.05, 0.1) is 17.6 Å². The monoisotopic (exact) mass is 294 g/mol. The summed E-state index contributed by atoms with van der Waals surface area (Å²) in [7, 11) is 0. The lowest BCUT2D eigenvalue weighted by Gasteiger charge is -2.38. The Balaban J connectivity index is 1.76. The predicted molar refractivity (Wildman–Crippen MR) is 77.0 cm³/mol. The van der Waals surface area contributed by atoms with Crippen LogP contribution in [0.3, 0.4) is 0 Å². The first-order valence-corrected chi connectivity index (χ1v) is 7.83. The van der Waals surface area contributed by atoms with Crippen LogP contribution in [0.1, 0.15) is 19.3 Å². The number of hydrogen-bond acceptors (Lipinski definition) is 4. The molecule has 1 spiro atoms. The highest BCUT2D eigenvalue weighted by Gasteiger charge is 2.49. The molecule has 5 nitrogen and oxygen atoms in total. The van der Waals surface area contributed by atoms with E-state index in [0.29, 0.717) is 6.54 Å². The molecule has 0 saturated carbocycles. The Bertz CT molecular complexity index is 516. The van der Waals surface area contributed by atoms with Crippen molar-refractivity contribution < 1.29 is 14.7 Å². The molecule has 0 aromatic carbocycles. The lowest BCUT2D eigenvalue weighted by Crippen LogP contribution is -2.49. The SMILES string of the molecule is O=C(O)CN1CCCC2(CCN(c3ccsc3)C2=O)C1. The number of amides is 1. The number of thiophene rings is 1. The van der Waals surface area contributed by atoms with E-state index < -0.39 is 5.97 Å². The molecule has 1 unspecified atom stereocenters. The molecule has 6 heteroatoms. The molecule has 2 saturated heterocycles. The van der Waals surface area contributed by atoms with Crippen molar-refractivity contribution in [3.05, 3.63) is 16.8 Å². The number of piperidine rings is 1. The zero-order chi connectivity index (χ0) is 14.2. The number of hydrogen-bond donors (Lipinski definition) is 1. The van der Waals surface area contributed by atoms with Crippen LogP contribution in [0.25, 0.3) is 0 Å². The van der Waals surface area contributed by atoms with E-state index in [1.165, 1.54) is 0 Å². The number of aliphatic carboxylic acids is 1. The fourth-order valence-corrected chi connectivity index (χ4v) is 4.05. The molecule has 2 aliphatic heterocycles. The Hall–Kier alpha value is -1.40. The normalized spacial score (nSPS) is 27.4. The fraction of sp³-hybridized carbons (Fsp3) is 0.571. The molecule has 0 radical (unpaired) electrons. The Kier molecular flexibility index (Phi) is 3.52. The summed E-state index contributed by atoms with van der Waals surface area (Å²) in [6, 6.07) is 1.97. The Morgan fingerprint density at radius 2 is 2.25 bits per heavy atom. The van der Waals surface area contributed by atoms with Crippen molar-refractivity contribution in [1.82, 2.24) is 4.90 Å². The Morgan fingerprint density at radius 3 is 2.95 bits per heavy atom. The largest absolute Gasteiger partial charge is 0.480 e. The Labute approximate surface area is 121 Å². The molecule has 1 N–H and O–H groups in total. The van der Waals surface area contributed by atoms with E-state index >= 15 is 0 Å². The smallest absolute Gasteiger partial charge is 0.317 e. The van der Waals surface area contributed by atoms with Gasteiger partial charge < -0.3 is 10.0 Å². The maximum atomic E-state index is 12.8. The number of carbonyl (C=O) groups is 2. The third-order valence-corrected chi connectivity index (χ3v) is 5.02. The minimum Gasteiger partial charge on any atom is -0.480 e. The number of rotatable bonds is 3. The standard InChI is InChI=1S/C14H18N2O3S/c17-12(18)8-15-5-1-3-14(10-15)4-6-16(13(14)19)11-2-7-20-9-11/h2,7,9H,1,3-6,8,10H2,(H,17,18). The van der Waals surface area contributed by atoms with Crippen LogP contribution >= 0.6 is 11.3 Å². The van der Waals surface area contributed by atoms with Crippen molar-refractivity contribution >= 4 is 28.9 Å². The summed E-state index contributed by atoms with van der Waals surface area (Å²) in [5.74, 6) is -0.645. The van der Waals surface area contributed by atoms with Gasteiger partial charge in [0.25, 0.3) is 0 Å². The molecule has 3 heterocycles. The van der Waals surface area contributed by atoms with E-state index in [2.05, 4.69) is 0 Å². The highest BCUT2D eigenvalue weighted by Crippen LogP contribution is 2.42. The summed E-state index contributed by atoms with van der Waals surface area (Å²) in [6.07, 6.45) is 2.61. The lowest BCUT2D eigenvalue weighted by molar-refractivity contribution is -0.140. The Morgan fingerprint density at radius 1 is 1.40 bits per heavy atom. The maximum absolute atomic E-state index is 12.8. The van der Waals surface area contributed by atoms with Gasteiger partial charge in [0.2, 0.25) is 5.91 Å².